The molecule has 0 unspecified atom stereocenters. The van der Waals surface area contributed by atoms with Crippen LogP contribution in [0.2, 0.25) is 0 Å². The fraction of sp³-hybridized carbons (Fsp3) is 0. The molecule has 0 aliphatic heterocycles. The van der Waals surface area contributed by atoms with E-state index in [9.17, 15) is 4.79 Å². The summed E-state index contributed by atoms with van der Waals surface area (Å²) in [5.74, 6) is 0. The summed E-state index contributed by atoms with van der Waals surface area (Å²) in [6.45, 7) is 0. The lowest BCUT2D eigenvalue weighted by atomic mass is 10.3. The van der Waals surface area contributed by atoms with Crippen LogP contribution in [-0.4, -0.2) is 16.1 Å². The number of benzene rings is 1. The molecular formula is C10H7BrN2O. The van der Waals surface area contributed by atoms with Gasteiger partial charge in [-0.1, -0.05) is 12.1 Å². The van der Waals surface area contributed by atoms with Gasteiger partial charge in [0, 0.05) is 4.47 Å². The molecule has 0 spiro atoms. The monoisotopic (exact) mass is 250 g/mol. The van der Waals surface area contributed by atoms with E-state index >= 15 is 0 Å². The summed E-state index contributed by atoms with van der Waals surface area (Å²) in [4.78, 5) is 10.7. The van der Waals surface area contributed by atoms with Gasteiger partial charge in [0.1, 0.15) is 5.69 Å². The molecule has 1 aromatic heterocycles. The van der Waals surface area contributed by atoms with Gasteiger partial charge in [-0.25, -0.2) is 4.68 Å². The molecule has 2 rings (SSSR count). The number of carbonyl (C=O) groups is 1. The molecule has 0 saturated carbocycles. The molecule has 0 bridgehead atoms. The van der Waals surface area contributed by atoms with Crippen molar-refractivity contribution < 1.29 is 4.79 Å². The van der Waals surface area contributed by atoms with Gasteiger partial charge >= 0.3 is 0 Å². The lowest BCUT2D eigenvalue weighted by molar-refractivity contribution is 0.111. The van der Waals surface area contributed by atoms with Crippen LogP contribution in [-0.2, 0) is 0 Å². The number of aldehydes is 1. The van der Waals surface area contributed by atoms with E-state index in [4.69, 9.17) is 0 Å². The third-order valence-electron chi connectivity index (χ3n) is 1.87. The fourth-order valence-corrected chi connectivity index (χ4v) is 1.68. The fourth-order valence-electron chi connectivity index (χ4n) is 1.23. The van der Waals surface area contributed by atoms with Crippen LogP contribution in [0, 0.1) is 0 Å². The Morgan fingerprint density at radius 2 is 2.07 bits per heavy atom. The summed E-state index contributed by atoms with van der Waals surface area (Å²) in [6.07, 6.45) is 2.38. The minimum Gasteiger partial charge on any atom is -0.296 e. The average molecular weight is 251 g/mol. The summed E-state index contributed by atoms with van der Waals surface area (Å²) in [7, 11) is 0. The van der Waals surface area contributed by atoms with E-state index in [1.165, 1.54) is 0 Å². The van der Waals surface area contributed by atoms with Crippen molar-refractivity contribution >= 4 is 22.2 Å². The van der Waals surface area contributed by atoms with Crippen LogP contribution in [0.4, 0.5) is 0 Å². The van der Waals surface area contributed by atoms with Crippen LogP contribution in [0.25, 0.3) is 5.69 Å². The highest BCUT2D eigenvalue weighted by atomic mass is 79.9. The SMILES string of the molecule is O=Cc1ccnn1-c1ccccc1Br. The van der Waals surface area contributed by atoms with Gasteiger partial charge in [0.25, 0.3) is 0 Å². The lowest BCUT2D eigenvalue weighted by Gasteiger charge is -2.04. The zero-order valence-electron chi connectivity index (χ0n) is 7.22. The lowest BCUT2D eigenvalue weighted by Crippen LogP contribution is -2.01. The Kier molecular flexibility index (Phi) is 2.45. The maximum absolute atomic E-state index is 10.7. The molecule has 2 aromatic rings. The molecule has 4 heteroatoms. The van der Waals surface area contributed by atoms with Crippen LogP contribution in [0.15, 0.2) is 41.0 Å². The number of rotatable bonds is 2. The van der Waals surface area contributed by atoms with Crippen molar-refractivity contribution in [1.82, 2.24) is 9.78 Å². The van der Waals surface area contributed by atoms with Gasteiger partial charge in [-0.3, -0.25) is 4.79 Å². The van der Waals surface area contributed by atoms with Crippen molar-refractivity contribution in [3.63, 3.8) is 0 Å². The van der Waals surface area contributed by atoms with Gasteiger partial charge in [0.05, 0.1) is 11.9 Å². The van der Waals surface area contributed by atoms with Gasteiger partial charge in [-0.05, 0) is 34.1 Å². The summed E-state index contributed by atoms with van der Waals surface area (Å²) in [5, 5.41) is 4.07. The van der Waals surface area contributed by atoms with E-state index in [1.807, 2.05) is 24.3 Å². The Morgan fingerprint density at radius 3 is 2.79 bits per heavy atom. The molecule has 0 saturated heterocycles. The first-order chi connectivity index (χ1) is 6.83. The van der Waals surface area contributed by atoms with Gasteiger partial charge in [-0.15, -0.1) is 0 Å². The van der Waals surface area contributed by atoms with Crippen molar-refractivity contribution in [3.05, 3.63) is 46.7 Å². The third kappa shape index (κ3) is 1.48. The molecule has 3 nitrogen and oxygen atoms in total. The number of halogens is 1. The molecule has 0 fully saturated rings. The molecular weight excluding hydrogens is 244 g/mol. The Morgan fingerprint density at radius 1 is 1.29 bits per heavy atom. The Hall–Kier alpha value is -1.42. The smallest absolute Gasteiger partial charge is 0.168 e. The molecule has 0 N–H and O–H groups in total. The van der Waals surface area contributed by atoms with E-state index in [-0.39, 0.29) is 0 Å². The van der Waals surface area contributed by atoms with Crippen LogP contribution in [0.5, 0.6) is 0 Å². The topological polar surface area (TPSA) is 34.9 Å². The minimum atomic E-state index is 0.539. The molecule has 0 aliphatic carbocycles. The van der Waals surface area contributed by atoms with Crippen molar-refractivity contribution in [2.75, 3.05) is 0 Å². The number of para-hydroxylation sites is 1. The maximum Gasteiger partial charge on any atom is 0.168 e. The second kappa shape index (κ2) is 3.75. The molecule has 14 heavy (non-hydrogen) atoms. The quantitative estimate of drug-likeness (QED) is 0.768. The maximum atomic E-state index is 10.7. The predicted octanol–water partition coefficient (Wildman–Crippen LogP) is 2.45. The number of hydrogen-bond donors (Lipinski definition) is 0. The van der Waals surface area contributed by atoms with Gasteiger partial charge in [-0.2, -0.15) is 5.10 Å². The summed E-state index contributed by atoms with van der Waals surface area (Å²) < 4.78 is 2.50. The first-order valence-corrected chi connectivity index (χ1v) is 4.86. The largest absolute Gasteiger partial charge is 0.296 e. The van der Waals surface area contributed by atoms with Crippen molar-refractivity contribution in [2.45, 2.75) is 0 Å². The van der Waals surface area contributed by atoms with Gasteiger partial charge < -0.3 is 0 Å². The Labute approximate surface area is 89.5 Å². The van der Waals surface area contributed by atoms with Crippen LogP contribution >= 0.6 is 15.9 Å². The second-order valence-electron chi connectivity index (χ2n) is 2.74. The summed E-state index contributed by atoms with van der Waals surface area (Å²) in [6, 6.07) is 9.29. The molecule has 0 atom stereocenters. The minimum absolute atomic E-state index is 0.539. The second-order valence-corrected chi connectivity index (χ2v) is 3.59. The summed E-state index contributed by atoms with van der Waals surface area (Å²) in [5.41, 5.74) is 1.40. The first kappa shape index (κ1) is 9.15. The van der Waals surface area contributed by atoms with Crippen molar-refractivity contribution in [1.29, 1.82) is 0 Å². The van der Waals surface area contributed by atoms with Gasteiger partial charge in [0.2, 0.25) is 0 Å². The van der Waals surface area contributed by atoms with E-state index in [0.29, 0.717) is 5.69 Å². The van der Waals surface area contributed by atoms with Crippen LogP contribution in [0.1, 0.15) is 10.5 Å². The highest BCUT2D eigenvalue weighted by molar-refractivity contribution is 9.10. The highest BCUT2D eigenvalue weighted by Crippen LogP contribution is 2.20. The predicted molar refractivity (Wildman–Crippen MR) is 56.7 cm³/mol. The van der Waals surface area contributed by atoms with Crippen LogP contribution < -0.4 is 0 Å². The molecule has 1 aromatic carbocycles. The number of nitrogens with zero attached hydrogens (tertiary/aromatic N) is 2. The first-order valence-electron chi connectivity index (χ1n) is 4.07. The van der Waals surface area contributed by atoms with E-state index in [2.05, 4.69) is 21.0 Å². The van der Waals surface area contributed by atoms with Gasteiger partial charge in [0.15, 0.2) is 6.29 Å². The van der Waals surface area contributed by atoms with E-state index in [0.717, 1.165) is 16.4 Å². The number of hydrogen-bond acceptors (Lipinski definition) is 2. The zero-order chi connectivity index (χ0) is 9.97. The average Bonchev–Trinajstić information content (AvgIpc) is 2.66. The molecule has 0 amide bonds. The standard InChI is InChI=1S/C10H7BrN2O/c11-9-3-1-2-4-10(9)13-8(7-14)5-6-12-13/h1-7H. The molecule has 0 radical (unpaired) electrons. The van der Waals surface area contributed by atoms with E-state index < -0.39 is 0 Å². The van der Waals surface area contributed by atoms with Crippen molar-refractivity contribution in [2.24, 2.45) is 0 Å². The molecule has 70 valence electrons. The number of aromatic nitrogens is 2. The highest BCUT2D eigenvalue weighted by Gasteiger charge is 2.05. The van der Waals surface area contributed by atoms with Crippen LogP contribution in [0.3, 0.4) is 0 Å². The summed E-state index contributed by atoms with van der Waals surface area (Å²) >= 11 is 3.40. The van der Waals surface area contributed by atoms with E-state index in [1.54, 1.807) is 16.9 Å². The molecule has 0 aliphatic rings. The normalized spacial score (nSPS) is 10.1. The zero-order valence-corrected chi connectivity index (χ0v) is 8.81. The molecule has 1 heterocycles. The number of carbonyl (C=O) groups excluding carboxylic acids is 1. The van der Waals surface area contributed by atoms with Crippen molar-refractivity contribution in [3.8, 4) is 5.69 Å². The third-order valence-corrected chi connectivity index (χ3v) is 2.54. The Bertz CT molecular complexity index is 465. The Balaban J connectivity index is 2.60.